The van der Waals surface area contributed by atoms with E-state index >= 15 is 0 Å². The van der Waals surface area contributed by atoms with Crippen LogP contribution in [0.2, 0.25) is 10.0 Å². The third kappa shape index (κ3) is 6.86. The highest BCUT2D eigenvalue weighted by molar-refractivity contribution is 6.31. The van der Waals surface area contributed by atoms with Crippen molar-refractivity contribution < 1.29 is 14.0 Å². The summed E-state index contributed by atoms with van der Waals surface area (Å²) in [4.78, 5) is 29.0. The normalized spacial score (nSPS) is 14.4. The number of benzene rings is 3. The summed E-state index contributed by atoms with van der Waals surface area (Å²) >= 11 is 12.5. The average molecular weight is 527 g/mol. The van der Waals surface area contributed by atoms with Crippen LogP contribution in [0.25, 0.3) is 0 Å². The van der Waals surface area contributed by atoms with E-state index in [1.165, 1.54) is 17.0 Å². The van der Waals surface area contributed by atoms with E-state index in [9.17, 15) is 14.0 Å². The molecule has 0 aliphatic heterocycles. The molecule has 1 aliphatic rings. The van der Waals surface area contributed by atoms with Crippen molar-refractivity contribution in [1.82, 2.24) is 10.2 Å². The molecule has 0 bridgehead atoms. The van der Waals surface area contributed by atoms with Gasteiger partial charge < -0.3 is 10.2 Å². The number of nitrogens with one attached hydrogen (secondary N) is 1. The topological polar surface area (TPSA) is 49.4 Å². The van der Waals surface area contributed by atoms with E-state index < -0.39 is 11.9 Å². The number of amides is 2. The van der Waals surface area contributed by atoms with Gasteiger partial charge in [0, 0.05) is 34.6 Å². The van der Waals surface area contributed by atoms with Gasteiger partial charge in [0.25, 0.3) is 0 Å². The highest BCUT2D eigenvalue weighted by Gasteiger charge is 2.32. The molecule has 1 aliphatic carbocycles. The molecule has 4 nitrogen and oxygen atoms in total. The van der Waals surface area contributed by atoms with Gasteiger partial charge in [-0.05, 0) is 48.2 Å². The van der Waals surface area contributed by atoms with Crippen LogP contribution < -0.4 is 5.32 Å². The first-order valence-electron chi connectivity index (χ1n) is 12.2. The molecular formula is C29H29Cl2FN2O2. The summed E-state index contributed by atoms with van der Waals surface area (Å²) < 4.78 is 14.6. The fourth-order valence-corrected chi connectivity index (χ4v) is 5.15. The molecule has 3 aromatic carbocycles. The molecule has 1 saturated carbocycles. The molecule has 0 spiro atoms. The zero-order chi connectivity index (χ0) is 25.5. The van der Waals surface area contributed by atoms with Crippen LogP contribution in [0, 0.1) is 5.82 Å². The van der Waals surface area contributed by atoms with Crippen molar-refractivity contribution in [2.45, 2.75) is 57.2 Å². The standard InChI is InChI=1S/C29H29Cl2FN2O2/c30-22-11-6-10-21(16-22)19-34(28(35)18-24-25(31)14-7-15-26(24)32)27(17-20-8-2-1-3-9-20)29(36)33-23-12-4-5-13-23/h1-3,6-11,14-16,23,27H,4-5,12-13,17-19H2,(H,33,36)/t27-/m0/s1. The maximum atomic E-state index is 14.6. The second-order valence-electron chi connectivity index (χ2n) is 9.22. The van der Waals surface area contributed by atoms with Gasteiger partial charge in [-0.25, -0.2) is 4.39 Å². The average Bonchev–Trinajstić information content (AvgIpc) is 3.37. The molecule has 0 unspecified atom stereocenters. The summed E-state index contributed by atoms with van der Waals surface area (Å²) in [5.41, 5.74) is 1.83. The van der Waals surface area contributed by atoms with Crippen LogP contribution in [-0.2, 0) is 29.0 Å². The van der Waals surface area contributed by atoms with E-state index in [1.807, 2.05) is 36.4 Å². The van der Waals surface area contributed by atoms with Crippen LogP contribution in [0.15, 0.2) is 72.8 Å². The summed E-state index contributed by atoms with van der Waals surface area (Å²) in [6, 6.07) is 20.4. The lowest BCUT2D eigenvalue weighted by Crippen LogP contribution is -2.52. The molecule has 1 fully saturated rings. The smallest absolute Gasteiger partial charge is 0.243 e. The minimum Gasteiger partial charge on any atom is -0.352 e. The van der Waals surface area contributed by atoms with E-state index in [4.69, 9.17) is 23.2 Å². The highest BCUT2D eigenvalue weighted by Crippen LogP contribution is 2.24. The van der Waals surface area contributed by atoms with Crippen molar-refractivity contribution in [3.63, 3.8) is 0 Å². The lowest BCUT2D eigenvalue weighted by molar-refractivity contribution is -0.141. The number of halogens is 3. The molecule has 188 valence electrons. The van der Waals surface area contributed by atoms with E-state index in [0.29, 0.717) is 11.4 Å². The van der Waals surface area contributed by atoms with Gasteiger partial charge in [-0.1, -0.05) is 84.6 Å². The molecular weight excluding hydrogens is 498 g/mol. The number of hydrogen-bond donors (Lipinski definition) is 1. The lowest BCUT2D eigenvalue weighted by Gasteiger charge is -2.32. The van der Waals surface area contributed by atoms with E-state index in [2.05, 4.69) is 5.32 Å². The van der Waals surface area contributed by atoms with Crippen molar-refractivity contribution in [2.75, 3.05) is 0 Å². The van der Waals surface area contributed by atoms with Gasteiger partial charge >= 0.3 is 0 Å². The first kappa shape index (κ1) is 26.2. The van der Waals surface area contributed by atoms with Gasteiger partial charge in [0.1, 0.15) is 11.9 Å². The molecule has 1 atom stereocenters. The summed E-state index contributed by atoms with van der Waals surface area (Å²) in [7, 11) is 0. The van der Waals surface area contributed by atoms with Crippen LogP contribution in [0.1, 0.15) is 42.4 Å². The fraction of sp³-hybridized carbons (Fsp3) is 0.310. The summed E-state index contributed by atoms with van der Waals surface area (Å²) in [6.45, 7) is 0.154. The third-order valence-electron chi connectivity index (χ3n) is 6.60. The van der Waals surface area contributed by atoms with Crippen molar-refractivity contribution in [2.24, 2.45) is 0 Å². The Balaban J connectivity index is 1.69. The molecule has 36 heavy (non-hydrogen) atoms. The van der Waals surface area contributed by atoms with Gasteiger partial charge in [-0.15, -0.1) is 0 Å². The van der Waals surface area contributed by atoms with Gasteiger partial charge in [0.2, 0.25) is 11.8 Å². The van der Waals surface area contributed by atoms with Gasteiger partial charge in [0.15, 0.2) is 0 Å². The van der Waals surface area contributed by atoms with E-state index in [0.717, 1.165) is 36.8 Å². The second kappa shape index (κ2) is 12.4. The summed E-state index contributed by atoms with van der Waals surface area (Å²) in [6.07, 6.45) is 4.08. The molecule has 0 saturated heterocycles. The Morgan fingerprint density at radius 3 is 2.33 bits per heavy atom. The third-order valence-corrected chi connectivity index (χ3v) is 7.19. The first-order valence-corrected chi connectivity index (χ1v) is 13.0. The Bertz CT molecular complexity index is 1180. The number of carbonyl (C=O) groups is 2. The number of carbonyl (C=O) groups excluding carboxylic acids is 2. The molecule has 0 radical (unpaired) electrons. The lowest BCUT2D eigenvalue weighted by atomic mass is 10.0. The Hall–Kier alpha value is -2.89. The Morgan fingerprint density at radius 2 is 1.64 bits per heavy atom. The SMILES string of the molecule is O=C(NC1CCCC1)[C@H](Cc1ccccc1)N(Cc1cccc(Cl)c1)C(=O)Cc1c(F)cccc1Cl. The zero-order valence-electron chi connectivity index (χ0n) is 19.9. The Labute approximate surface area is 221 Å². The highest BCUT2D eigenvalue weighted by atomic mass is 35.5. The maximum absolute atomic E-state index is 14.6. The predicted molar refractivity (Wildman–Crippen MR) is 141 cm³/mol. The molecule has 1 N–H and O–H groups in total. The maximum Gasteiger partial charge on any atom is 0.243 e. The Kier molecular flexibility index (Phi) is 9.00. The van der Waals surface area contributed by atoms with Crippen molar-refractivity contribution in [1.29, 1.82) is 0 Å². The Morgan fingerprint density at radius 1 is 0.944 bits per heavy atom. The minimum atomic E-state index is -0.787. The fourth-order valence-electron chi connectivity index (χ4n) is 4.71. The quantitative estimate of drug-likeness (QED) is 0.352. The van der Waals surface area contributed by atoms with Crippen molar-refractivity contribution >= 4 is 35.0 Å². The minimum absolute atomic E-state index is 0.0971. The van der Waals surface area contributed by atoms with Crippen LogP contribution in [0.4, 0.5) is 4.39 Å². The van der Waals surface area contributed by atoms with Crippen molar-refractivity contribution in [3.05, 3.63) is 105 Å². The van der Waals surface area contributed by atoms with Gasteiger partial charge in [-0.2, -0.15) is 0 Å². The number of nitrogens with zero attached hydrogens (tertiary/aromatic N) is 1. The molecule has 4 rings (SSSR count). The molecule has 0 aromatic heterocycles. The zero-order valence-corrected chi connectivity index (χ0v) is 21.4. The summed E-state index contributed by atoms with van der Waals surface area (Å²) in [5, 5.41) is 3.88. The van der Waals surface area contributed by atoms with Crippen LogP contribution in [0.5, 0.6) is 0 Å². The second-order valence-corrected chi connectivity index (χ2v) is 10.1. The van der Waals surface area contributed by atoms with Crippen LogP contribution >= 0.6 is 23.2 Å². The van der Waals surface area contributed by atoms with E-state index in [-0.39, 0.29) is 41.4 Å². The molecule has 0 heterocycles. The molecule has 2 amide bonds. The largest absolute Gasteiger partial charge is 0.352 e. The predicted octanol–water partition coefficient (Wildman–Crippen LogP) is 6.37. The van der Waals surface area contributed by atoms with E-state index in [1.54, 1.807) is 24.3 Å². The monoisotopic (exact) mass is 526 g/mol. The first-order chi connectivity index (χ1) is 17.4. The van der Waals surface area contributed by atoms with Crippen LogP contribution in [-0.4, -0.2) is 28.8 Å². The summed E-state index contributed by atoms with van der Waals surface area (Å²) in [5.74, 6) is -1.14. The van der Waals surface area contributed by atoms with Gasteiger partial charge in [0.05, 0.1) is 6.42 Å². The number of hydrogen-bond acceptors (Lipinski definition) is 2. The number of rotatable bonds is 9. The van der Waals surface area contributed by atoms with Crippen molar-refractivity contribution in [3.8, 4) is 0 Å². The molecule has 7 heteroatoms. The van der Waals surface area contributed by atoms with Crippen LogP contribution in [0.3, 0.4) is 0 Å². The van der Waals surface area contributed by atoms with Gasteiger partial charge in [-0.3, -0.25) is 9.59 Å². The molecule has 3 aromatic rings.